The van der Waals surface area contributed by atoms with Crippen LogP contribution < -0.4 is 11.1 Å². The SMILES string of the molecule is N=C(N)c1ccc(NCC(O)CN(Cc2ccc3ccccc3c2)S(=O)(=O)c2ccc3cc(Cl)ccc3c2)cc1. The lowest BCUT2D eigenvalue weighted by Gasteiger charge is -2.25. The first-order valence-corrected chi connectivity index (χ1v) is 14.5. The van der Waals surface area contributed by atoms with Crippen molar-refractivity contribution in [1.29, 1.82) is 5.41 Å². The van der Waals surface area contributed by atoms with Crippen LogP contribution in [0.25, 0.3) is 21.5 Å². The number of aliphatic hydroxyl groups is 1. The molecule has 5 aromatic carbocycles. The molecule has 5 aromatic rings. The van der Waals surface area contributed by atoms with Gasteiger partial charge in [-0.25, -0.2) is 8.42 Å². The van der Waals surface area contributed by atoms with Gasteiger partial charge in [-0.1, -0.05) is 60.1 Å². The maximum atomic E-state index is 14.0. The number of anilines is 1. The van der Waals surface area contributed by atoms with E-state index >= 15 is 0 Å². The zero-order valence-electron chi connectivity index (χ0n) is 21.6. The van der Waals surface area contributed by atoms with Crippen LogP contribution >= 0.6 is 11.6 Å². The van der Waals surface area contributed by atoms with Gasteiger partial charge in [0.25, 0.3) is 0 Å². The number of hydrogen-bond donors (Lipinski definition) is 4. The van der Waals surface area contributed by atoms with E-state index in [9.17, 15) is 13.5 Å². The van der Waals surface area contributed by atoms with Crippen molar-refractivity contribution in [2.75, 3.05) is 18.4 Å². The van der Waals surface area contributed by atoms with E-state index in [4.69, 9.17) is 22.7 Å². The van der Waals surface area contributed by atoms with Crippen LogP contribution in [0.3, 0.4) is 0 Å². The average molecular weight is 573 g/mol. The molecular formula is C31H29ClN4O3S. The van der Waals surface area contributed by atoms with Crippen LogP contribution in [-0.2, 0) is 16.6 Å². The lowest BCUT2D eigenvalue weighted by molar-refractivity contribution is 0.155. The maximum absolute atomic E-state index is 14.0. The smallest absolute Gasteiger partial charge is 0.243 e. The minimum absolute atomic E-state index is 0.0297. The number of hydrogen-bond acceptors (Lipinski definition) is 5. The van der Waals surface area contributed by atoms with Gasteiger partial charge in [0.05, 0.1) is 11.0 Å². The Hall–Kier alpha value is -3.95. The Kier molecular flexibility index (Phi) is 8.04. The molecule has 0 aliphatic rings. The van der Waals surface area contributed by atoms with E-state index < -0.39 is 16.1 Å². The number of amidine groups is 1. The number of nitrogens with zero attached hydrogens (tertiary/aromatic N) is 1. The largest absolute Gasteiger partial charge is 0.390 e. The molecule has 0 spiro atoms. The topological polar surface area (TPSA) is 120 Å². The summed E-state index contributed by atoms with van der Waals surface area (Å²) in [6, 6.07) is 30.9. The number of benzene rings is 5. The minimum Gasteiger partial charge on any atom is -0.390 e. The highest BCUT2D eigenvalue weighted by Crippen LogP contribution is 2.26. The third kappa shape index (κ3) is 6.26. The van der Waals surface area contributed by atoms with Gasteiger partial charge in [-0.2, -0.15) is 4.31 Å². The van der Waals surface area contributed by atoms with E-state index in [1.54, 1.807) is 60.7 Å². The van der Waals surface area contributed by atoms with Crippen LogP contribution in [0.2, 0.25) is 5.02 Å². The molecule has 0 saturated heterocycles. The highest BCUT2D eigenvalue weighted by Gasteiger charge is 2.27. The van der Waals surface area contributed by atoms with Gasteiger partial charge < -0.3 is 16.2 Å². The van der Waals surface area contributed by atoms with Gasteiger partial charge in [0.15, 0.2) is 0 Å². The second-order valence-corrected chi connectivity index (χ2v) is 12.0. The predicted molar refractivity (Wildman–Crippen MR) is 162 cm³/mol. The summed E-state index contributed by atoms with van der Waals surface area (Å²) in [6.07, 6.45) is -0.998. The second-order valence-electron chi connectivity index (χ2n) is 9.66. The molecule has 5 N–H and O–H groups in total. The molecule has 0 aromatic heterocycles. The van der Waals surface area contributed by atoms with Gasteiger partial charge in [0, 0.05) is 35.9 Å². The normalized spacial score (nSPS) is 12.6. The van der Waals surface area contributed by atoms with Gasteiger partial charge in [-0.15, -0.1) is 0 Å². The number of rotatable bonds is 10. The van der Waals surface area contributed by atoms with Crippen molar-refractivity contribution in [3.63, 3.8) is 0 Å². The van der Waals surface area contributed by atoms with Crippen molar-refractivity contribution in [2.24, 2.45) is 5.73 Å². The molecule has 9 heteroatoms. The van der Waals surface area contributed by atoms with Crippen molar-refractivity contribution >= 4 is 54.7 Å². The summed E-state index contributed by atoms with van der Waals surface area (Å²) < 4.78 is 29.2. The first-order chi connectivity index (χ1) is 19.2. The van der Waals surface area contributed by atoms with Crippen LogP contribution in [0.1, 0.15) is 11.1 Å². The molecule has 0 saturated carbocycles. The molecule has 7 nitrogen and oxygen atoms in total. The van der Waals surface area contributed by atoms with Crippen molar-refractivity contribution in [3.8, 4) is 0 Å². The highest BCUT2D eigenvalue weighted by molar-refractivity contribution is 7.89. The molecule has 0 aliphatic heterocycles. The summed E-state index contributed by atoms with van der Waals surface area (Å²) in [6.45, 7) is 0.0991. The van der Waals surface area contributed by atoms with Crippen molar-refractivity contribution < 1.29 is 13.5 Å². The molecule has 5 rings (SSSR count). The quantitative estimate of drug-likeness (QED) is 0.128. The molecule has 1 atom stereocenters. The fourth-order valence-corrected chi connectivity index (χ4v) is 6.28. The number of nitrogens with one attached hydrogen (secondary N) is 2. The van der Waals surface area contributed by atoms with Gasteiger partial charge in [0.1, 0.15) is 5.84 Å². The number of aliphatic hydroxyl groups excluding tert-OH is 1. The fraction of sp³-hybridized carbons (Fsp3) is 0.129. The van der Waals surface area contributed by atoms with E-state index in [0.29, 0.717) is 10.6 Å². The maximum Gasteiger partial charge on any atom is 0.243 e. The molecule has 0 bridgehead atoms. The standard InChI is InChI=1S/C31H29ClN4O3S/c32-27-11-7-26-17-30(14-10-25(26)16-27)40(38,39)36(19-21-5-6-22-3-1-2-4-24(22)15-21)20-29(37)18-35-28-12-8-23(9-13-28)31(33)34/h1-17,29,35,37H,18-20H2,(H3,33,34). The van der Waals surface area contributed by atoms with Crippen molar-refractivity contribution in [2.45, 2.75) is 17.5 Å². The molecule has 0 fully saturated rings. The molecule has 0 aliphatic carbocycles. The van der Waals surface area contributed by atoms with Crippen molar-refractivity contribution in [3.05, 3.63) is 119 Å². The predicted octanol–water partition coefficient (Wildman–Crippen LogP) is 5.59. The molecule has 1 unspecified atom stereocenters. The molecule has 40 heavy (non-hydrogen) atoms. The summed E-state index contributed by atoms with van der Waals surface area (Å²) in [5.41, 5.74) is 7.65. The van der Waals surface area contributed by atoms with Crippen LogP contribution in [0.5, 0.6) is 0 Å². The Balaban J connectivity index is 1.41. The Morgan fingerprint density at radius 3 is 2.27 bits per heavy atom. The summed E-state index contributed by atoms with van der Waals surface area (Å²) >= 11 is 6.11. The highest BCUT2D eigenvalue weighted by atomic mass is 35.5. The molecular weight excluding hydrogens is 544 g/mol. The van der Waals surface area contributed by atoms with Gasteiger partial charge in [-0.05, 0) is 81.7 Å². The van der Waals surface area contributed by atoms with E-state index in [0.717, 1.165) is 32.8 Å². The van der Waals surface area contributed by atoms with E-state index in [-0.39, 0.29) is 30.4 Å². The summed E-state index contributed by atoms with van der Waals surface area (Å²) in [5.74, 6) is -0.0297. The number of nitrogen functional groups attached to an aromatic ring is 1. The number of fused-ring (bicyclic) bond motifs is 2. The molecule has 0 radical (unpaired) electrons. The van der Waals surface area contributed by atoms with Gasteiger partial charge in [-0.3, -0.25) is 5.41 Å². The Labute approximate surface area is 238 Å². The fourth-order valence-electron chi connectivity index (χ4n) is 4.60. The summed E-state index contributed by atoms with van der Waals surface area (Å²) in [5, 5.41) is 25.8. The van der Waals surface area contributed by atoms with Crippen LogP contribution in [0.15, 0.2) is 108 Å². The number of halogens is 1. The number of sulfonamides is 1. The summed E-state index contributed by atoms with van der Waals surface area (Å²) in [4.78, 5) is 0.142. The third-order valence-corrected chi connectivity index (χ3v) is 8.78. The Bertz CT molecular complexity index is 1790. The minimum atomic E-state index is -3.97. The summed E-state index contributed by atoms with van der Waals surface area (Å²) in [7, 11) is -3.97. The Morgan fingerprint density at radius 2 is 1.52 bits per heavy atom. The number of nitrogens with two attached hydrogens (primary N) is 1. The second kappa shape index (κ2) is 11.7. The Morgan fingerprint density at radius 1 is 0.875 bits per heavy atom. The van der Waals surface area contributed by atoms with Crippen LogP contribution in [0.4, 0.5) is 5.69 Å². The lowest BCUT2D eigenvalue weighted by atomic mass is 10.1. The molecule has 0 amide bonds. The first kappa shape index (κ1) is 27.6. The van der Waals surface area contributed by atoms with E-state index in [1.165, 1.54) is 4.31 Å². The molecule has 204 valence electrons. The van der Waals surface area contributed by atoms with E-state index in [2.05, 4.69) is 5.32 Å². The zero-order valence-corrected chi connectivity index (χ0v) is 23.2. The van der Waals surface area contributed by atoms with Crippen LogP contribution in [0, 0.1) is 5.41 Å². The molecule has 0 heterocycles. The van der Waals surface area contributed by atoms with E-state index in [1.807, 2.05) is 42.5 Å². The monoisotopic (exact) mass is 572 g/mol. The average Bonchev–Trinajstić information content (AvgIpc) is 2.95. The van der Waals surface area contributed by atoms with Crippen molar-refractivity contribution in [1.82, 2.24) is 4.31 Å². The zero-order chi connectivity index (χ0) is 28.3. The first-order valence-electron chi connectivity index (χ1n) is 12.7. The van der Waals surface area contributed by atoms with Gasteiger partial charge >= 0.3 is 0 Å². The lowest BCUT2D eigenvalue weighted by Crippen LogP contribution is -2.39. The van der Waals surface area contributed by atoms with Crippen LogP contribution in [-0.4, -0.2) is 42.9 Å². The van der Waals surface area contributed by atoms with Gasteiger partial charge in [0.2, 0.25) is 10.0 Å². The third-order valence-electron chi connectivity index (χ3n) is 6.74.